The highest BCUT2D eigenvalue weighted by Gasteiger charge is 2.29. The van der Waals surface area contributed by atoms with Gasteiger partial charge in [0.05, 0.1) is 0 Å². The molecule has 0 unspecified atom stereocenters. The first-order valence-electron chi connectivity index (χ1n) is 7.60. The van der Waals surface area contributed by atoms with Crippen LogP contribution in [0.5, 0.6) is 0 Å². The summed E-state index contributed by atoms with van der Waals surface area (Å²) in [7, 11) is 0. The molecule has 0 heterocycles. The molecule has 0 fully saturated rings. The van der Waals surface area contributed by atoms with Crippen LogP contribution in [0.2, 0.25) is 0 Å². The molecule has 0 saturated heterocycles. The Labute approximate surface area is 130 Å². The standard InChI is InChI=1S/C21H16O/c22-21-14-20(18-8-4-5-9-19(18)21)17-12-10-16(11-13-17)15-6-2-1-3-7-15/h1-13,20H,14H2/t20-/m0/s1. The molecule has 1 aliphatic rings. The minimum absolute atomic E-state index is 0.202. The second-order valence-electron chi connectivity index (χ2n) is 5.76. The summed E-state index contributed by atoms with van der Waals surface area (Å²) < 4.78 is 0. The third-order valence-electron chi connectivity index (χ3n) is 4.45. The van der Waals surface area contributed by atoms with Crippen LogP contribution in [0.3, 0.4) is 0 Å². The van der Waals surface area contributed by atoms with Gasteiger partial charge in [-0.05, 0) is 22.3 Å². The number of Topliss-reactive ketones (excluding diaryl/α,β-unsaturated/α-hetero) is 1. The second-order valence-corrected chi connectivity index (χ2v) is 5.76. The van der Waals surface area contributed by atoms with Crippen molar-refractivity contribution in [2.45, 2.75) is 12.3 Å². The number of fused-ring (bicyclic) bond motifs is 1. The van der Waals surface area contributed by atoms with Crippen LogP contribution in [0.25, 0.3) is 11.1 Å². The molecule has 3 aromatic rings. The molecule has 4 rings (SSSR count). The summed E-state index contributed by atoms with van der Waals surface area (Å²) in [5.74, 6) is 0.459. The van der Waals surface area contributed by atoms with Gasteiger partial charge in [0.2, 0.25) is 0 Å². The largest absolute Gasteiger partial charge is 0.294 e. The van der Waals surface area contributed by atoms with E-state index < -0.39 is 0 Å². The van der Waals surface area contributed by atoms with E-state index in [1.54, 1.807) is 0 Å². The Kier molecular flexibility index (Phi) is 3.12. The Balaban J connectivity index is 1.69. The fraction of sp³-hybridized carbons (Fsp3) is 0.0952. The first-order chi connectivity index (χ1) is 10.8. The molecule has 0 N–H and O–H groups in total. The molecule has 22 heavy (non-hydrogen) atoms. The molecule has 1 atom stereocenters. The van der Waals surface area contributed by atoms with E-state index in [1.807, 2.05) is 24.3 Å². The van der Waals surface area contributed by atoms with Gasteiger partial charge < -0.3 is 0 Å². The van der Waals surface area contributed by atoms with Crippen LogP contribution < -0.4 is 0 Å². The molecule has 1 heteroatoms. The molecule has 0 saturated carbocycles. The van der Waals surface area contributed by atoms with Crippen LogP contribution in [-0.2, 0) is 0 Å². The molecule has 106 valence electrons. The molecule has 0 bridgehead atoms. The van der Waals surface area contributed by atoms with Crippen molar-refractivity contribution in [3.8, 4) is 11.1 Å². The fourth-order valence-corrected chi connectivity index (χ4v) is 3.30. The van der Waals surface area contributed by atoms with E-state index in [9.17, 15) is 4.79 Å². The van der Waals surface area contributed by atoms with Gasteiger partial charge in [0, 0.05) is 17.9 Å². The van der Waals surface area contributed by atoms with Gasteiger partial charge in [0.15, 0.2) is 5.78 Å². The average molecular weight is 284 g/mol. The number of carbonyl (C=O) groups excluding carboxylic acids is 1. The van der Waals surface area contributed by atoms with Crippen molar-refractivity contribution in [1.82, 2.24) is 0 Å². The van der Waals surface area contributed by atoms with Crippen LogP contribution in [0.1, 0.15) is 33.8 Å². The summed E-state index contributed by atoms with van der Waals surface area (Å²) in [6, 6.07) is 26.9. The van der Waals surface area contributed by atoms with Crippen LogP contribution in [0, 0.1) is 0 Å². The molecular formula is C21H16O. The Morgan fingerprint density at radius 3 is 2.09 bits per heavy atom. The van der Waals surface area contributed by atoms with Crippen molar-refractivity contribution in [2.24, 2.45) is 0 Å². The van der Waals surface area contributed by atoms with E-state index in [0.717, 1.165) is 5.56 Å². The van der Waals surface area contributed by atoms with E-state index in [4.69, 9.17) is 0 Å². The lowest BCUT2D eigenvalue weighted by atomic mass is 9.91. The average Bonchev–Trinajstić information content (AvgIpc) is 2.93. The van der Waals surface area contributed by atoms with Gasteiger partial charge in [-0.15, -0.1) is 0 Å². The topological polar surface area (TPSA) is 17.1 Å². The van der Waals surface area contributed by atoms with E-state index in [-0.39, 0.29) is 11.7 Å². The first-order valence-corrected chi connectivity index (χ1v) is 7.60. The fourth-order valence-electron chi connectivity index (χ4n) is 3.30. The van der Waals surface area contributed by atoms with Gasteiger partial charge >= 0.3 is 0 Å². The maximum absolute atomic E-state index is 12.1. The molecule has 0 spiro atoms. The molecular weight excluding hydrogens is 268 g/mol. The molecule has 1 nitrogen and oxygen atoms in total. The number of benzene rings is 3. The number of hydrogen-bond acceptors (Lipinski definition) is 1. The minimum Gasteiger partial charge on any atom is -0.294 e. The monoisotopic (exact) mass is 284 g/mol. The molecule has 3 aromatic carbocycles. The Morgan fingerprint density at radius 2 is 1.32 bits per heavy atom. The van der Waals surface area contributed by atoms with Gasteiger partial charge in [0.1, 0.15) is 0 Å². The van der Waals surface area contributed by atoms with Crippen molar-refractivity contribution in [1.29, 1.82) is 0 Å². The summed E-state index contributed by atoms with van der Waals surface area (Å²) in [4.78, 5) is 12.1. The van der Waals surface area contributed by atoms with Crippen molar-refractivity contribution >= 4 is 5.78 Å². The van der Waals surface area contributed by atoms with Crippen molar-refractivity contribution in [2.75, 3.05) is 0 Å². The third-order valence-corrected chi connectivity index (χ3v) is 4.45. The second kappa shape index (κ2) is 5.27. The predicted octanol–water partition coefficient (Wildman–Crippen LogP) is 5.07. The zero-order valence-electron chi connectivity index (χ0n) is 12.2. The van der Waals surface area contributed by atoms with Crippen molar-refractivity contribution in [3.05, 3.63) is 95.6 Å². The van der Waals surface area contributed by atoms with Crippen LogP contribution in [-0.4, -0.2) is 5.78 Å². The number of rotatable bonds is 2. The van der Waals surface area contributed by atoms with Crippen LogP contribution in [0.4, 0.5) is 0 Å². The third kappa shape index (κ3) is 2.15. The van der Waals surface area contributed by atoms with Crippen molar-refractivity contribution < 1.29 is 4.79 Å². The SMILES string of the molecule is O=C1C[C@@H](c2ccc(-c3ccccc3)cc2)c2ccccc21. The summed E-state index contributed by atoms with van der Waals surface area (Å²) in [6.07, 6.45) is 0.587. The highest BCUT2D eigenvalue weighted by Crippen LogP contribution is 2.38. The molecule has 0 amide bonds. The molecule has 0 aromatic heterocycles. The molecule has 0 aliphatic heterocycles. The van der Waals surface area contributed by atoms with E-state index in [1.165, 1.54) is 22.3 Å². The maximum atomic E-state index is 12.1. The Morgan fingerprint density at radius 1 is 0.682 bits per heavy atom. The van der Waals surface area contributed by atoms with E-state index >= 15 is 0 Å². The highest BCUT2D eigenvalue weighted by molar-refractivity contribution is 6.01. The molecule has 0 radical (unpaired) electrons. The summed E-state index contributed by atoms with van der Waals surface area (Å²) in [6.45, 7) is 0. The smallest absolute Gasteiger partial charge is 0.164 e. The Bertz CT molecular complexity index is 816. The van der Waals surface area contributed by atoms with Gasteiger partial charge in [-0.2, -0.15) is 0 Å². The summed E-state index contributed by atoms with van der Waals surface area (Å²) >= 11 is 0. The predicted molar refractivity (Wildman–Crippen MR) is 89.1 cm³/mol. The normalized spacial score (nSPS) is 16.5. The first kappa shape index (κ1) is 13.0. The number of ketones is 1. The Hall–Kier alpha value is -2.67. The van der Waals surface area contributed by atoms with E-state index in [2.05, 4.69) is 54.6 Å². The zero-order chi connectivity index (χ0) is 14.9. The lowest BCUT2D eigenvalue weighted by Gasteiger charge is -2.12. The van der Waals surface area contributed by atoms with Gasteiger partial charge in [-0.1, -0.05) is 78.9 Å². The van der Waals surface area contributed by atoms with Crippen LogP contribution in [0.15, 0.2) is 78.9 Å². The van der Waals surface area contributed by atoms with E-state index in [0.29, 0.717) is 6.42 Å². The van der Waals surface area contributed by atoms with Crippen molar-refractivity contribution in [3.63, 3.8) is 0 Å². The zero-order valence-corrected chi connectivity index (χ0v) is 12.2. The number of carbonyl (C=O) groups is 1. The minimum atomic E-state index is 0.202. The summed E-state index contributed by atoms with van der Waals surface area (Å²) in [5.41, 5.74) is 5.71. The molecule has 1 aliphatic carbocycles. The highest BCUT2D eigenvalue weighted by atomic mass is 16.1. The van der Waals surface area contributed by atoms with Gasteiger partial charge in [-0.3, -0.25) is 4.79 Å². The maximum Gasteiger partial charge on any atom is 0.164 e. The van der Waals surface area contributed by atoms with Crippen LogP contribution >= 0.6 is 0 Å². The van der Waals surface area contributed by atoms with Gasteiger partial charge in [0.25, 0.3) is 0 Å². The lowest BCUT2D eigenvalue weighted by Crippen LogP contribution is -1.96. The summed E-state index contributed by atoms with van der Waals surface area (Å²) in [5, 5.41) is 0. The van der Waals surface area contributed by atoms with Gasteiger partial charge in [-0.25, -0.2) is 0 Å². The number of hydrogen-bond donors (Lipinski definition) is 0. The lowest BCUT2D eigenvalue weighted by molar-refractivity contribution is 0.0991. The quantitative estimate of drug-likeness (QED) is 0.642.